The summed E-state index contributed by atoms with van der Waals surface area (Å²) in [4.78, 5) is 269. The number of aliphatic carboxylic acids is 1. The lowest BCUT2D eigenvalue weighted by Gasteiger charge is -2.33. The summed E-state index contributed by atoms with van der Waals surface area (Å²) >= 11 is 8.84. The Morgan fingerprint density at radius 2 is 1.01 bits per heavy atom. The summed E-state index contributed by atoms with van der Waals surface area (Å²) in [5.74, 6) is -18.7. The first-order chi connectivity index (χ1) is 62.9. The molecule has 48 heteroatoms. The molecule has 2 aliphatic heterocycles. The highest BCUT2D eigenvalue weighted by atomic mass is 32.1. The van der Waals surface area contributed by atoms with Gasteiger partial charge in [0, 0.05) is 68.4 Å². The summed E-state index contributed by atoms with van der Waals surface area (Å²) < 4.78 is -1.48. The summed E-state index contributed by atoms with van der Waals surface area (Å²) in [7, 11) is 0. The molecule has 0 saturated carbocycles. The lowest BCUT2D eigenvalue weighted by Crippen LogP contribution is -2.64. The molecule has 28 N–H and O–H groups in total. The first-order valence-electron chi connectivity index (χ1n) is 43.1. The van der Waals surface area contributed by atoms with Crippen molar-refractivity contribution in [3.05, 3.63) is 120 Å². The number of nitrogens with two attached hydrogens (primary N) is 4. The van der Waals surface area contributed by atoms with Gasteiger partial charge in [0.1, 0.15) is 78.3 Å². The van der Waals surface area contributed by atoms with Gasteiger partial charge in [-0.3, -0.25) is 91.7 Å². The summed E-state index contributed by atoms with van der Waals surface area (Å²) in [5, 5.41) is 75.8. The number of imidazole rings is 1. The lowest BCUT2D eigenvalue weighted by atomic mass is 9.99. The fourth-order valence-electron chi connectivity index (χ4n) is 14.3. The van der Waals surface area contributed by atoms with Gasteiger partial charge in [0.05, 0.1) is 51.1 Å². The van der Waals surface area contributed by atoms with E-state index in [0.29, 0.717) is 28.8 Å². The Labute approximate surface area is 777 Å². The molecule has 18 amide bonds. The van der Waals surface area contributed by atoms with E-state index in [-0.39, 0.29) is 126 Å². The number of aromatic nitrogens is 2. The Morgan fingerprint density at radius 1 is 0.519 bits per heavy atom. The molecule has 46 nitrogen and oxygen atoms in total. The standard InChI is InChI=1S/C85H122N24O22S2/c1-45(2)33-55(76(123)105-60(36-49-22-24-51(111)25-23-49)82(129)109-31-13-20-61(109)79(126)101-54(28-32-132)75(122)104-59(38-64(88)113)73(120)96-43-68(117)108-30-14-21-62(108)83(130)131)98-66(115)41-93-65(114)40-94-72(119)56(34-47-15-8-6-9-16-47)102-77(124)58(37-50-39-91-44-97-50)99-67(116)42-95-80(127)69(46(3)110)106-81(128)70(85(4,5)133)107-78(125)57(35-48-17-10-7-11-18-48)103-74(121)53(19-12-29-92-84(89)90)100-71(118)52(86)26-27-63(87)112/h6-11,15-18,22-25,39,44-46,52-62,69-70,110-111,132-133H,12-14,19-21,26-38,40-43,86H2,1-5H3,(H2,87,112)(H2,88,113)(H,91,97)(H,93,114)(H,94,119)(H,95,127)(H,96,120)(H,98,115)(H,99,116)(H,100,118)(H,101,126)(H,102,124)(H,103,121)(H,104,122)(H,105,123)(H,106,128)(H,107,125)(H,130,131)(H4,89,90,92)/t46-,52+,53+,54+,55+,56+,57+,58+,59+,60+,61+,62+,69+,70-/m1/s1. The van der Waals surface area contributed by atoms with Crippen molar-refractivity contribution < 1.29 is 106 Å². The minimum atomic E-state index is -1.85. The fraction of sp³-hybridized carbons (Fsp3) is 0.518. The van der Waals surface area contributed by atoms with Gasteiger partial charge in [0.2, 0.25) is 106 Å². The molecular weight excluding hydrogens is 1770 g/mol. The number of carbonyl (C=O) groups excluding carboxylic acids is 18. The summed E-state index contributed by atoms with van der Waals surface area (Å²) in [6, 6.07) is 3.30. The predicted octanol–water partition coefficient (Wildman–Crippen LogP) is -7.05. The van der Waals surface area contributed by atoms with Gasteiger partial charge < -0.3 is 133 Å². The normalized spacial score (nSPS) is 16.2. The SMILES string of the molecule is CC(C)C[C@H](NC(=O)CNC(=O)CNC(=O)[C@H](Cc1ccccc1)NC(=O)[C@H](Cc1cnc[nH]1)NC(=O)CNC(=O)[C@@H](NC(=O)[C@@H](NC(=O)[C@H](Cc1ccccc1)NC(=O)[C@H](CCCNC(=N)N)NC(=O)[C@@H](N)CCC(N)=O)C(C)(C)S)[C@@H](C)O)C(=O)N[C@@H](Cc1ccc(O)cc1)C(=O)N1CCC[C@H]1C(=O)N[C@@H](CCS)C(=O)N[C@@H](CC(N)=O)C(=O)NCC(=O)N1CCC[C@H]1C(=O)O. The molecular formula is C85H122N24O22S2. The largest absolute Gasteiger partial charge is 0.508 e. The van der Waals surface area contributed by atoms with Gasteiger partial charge in [-0.1, -0.05) is 86.6 Å². The highest BCUT2D eigenvalue weighted by Gasteiger charge is 2.44. The minimum Gasteiger partial charge on any atom is -0.508 e. The number of aromatic hydroxyl groups is 1. The average molecular weight is 1900 g/mol. The minimum absolute atomic E-state index is 0.0115. The number of hydrogen-bond acceptors (Lipinski definition) is 26. The van der Waals surface area contributed by atoms with Crippen molar-refractivity contribution in [2.75, 3.05) is 51.6 Å². The number of carboxylic acids is 1. The van der Waals surface area contributed by atoms with Crippen molar-refractivity contribution >= 4 is 144 Å². The van der Waals surface area contributed by atoms with E-state index < -0.39 is 234 Å². The molecule has 2 aliphatic rings. The van der Waals surface area contributed by atoms with E-state index in [4.69, 9.17) is 28.3 Å². The number of amides is 18. The highest BCUT2D eigenvalue weighted by Crippen LogP contribution is 2.24. The second-order valence-electron chi connectivity index (χ2n) is 33.1. The van der Waals surface area contributed by atoms with Crippen molar-refractivity contribution in [1.29, 1.82) is 5.41 Å². The van der Waals surface area contributed by atoms with Crippen LogP contribution in [0, 0.1) is 11.3 Å². The van der Waals surface area contributed by atoms with Crippen LogP contribution in [-0.2, 0) is 117 Å². The van der Waals surface area contributed by atoms with Gasteiger partial charge in [0.15, 0.2) is 5.96 Å². The van der Waals surface area contributed by atoms with Gasteiger partial charge in [0.25, 0.3) is 0 Å². The number of thiol groups is 2. The number of primary amides is 2. The maximum absolute atomic E-state index is 14.9. The number of likely N-dealkylation sites (tertiary alicyclic amines) is 2. The Hall–Kier alpha value is -13.5. The molecule has 2 fully saturated rings. The number of hydrogen-bond donors (Lipinski definition) is 26. The number of nitrogens with zero attached hydrogens (tertiary/aromatic N) is 3. The molecule has 133 heavy (non-hydrogen) atoms. The van der Waals surface area contributed by atoms with Crippen LogP contribution < -0.4 is 103 Å². The number of rotatable bonds is 54. The number of aromatic amines is 1. The van der Waals surface area contributed by atoms with Crippen LogP contribution in [0.2, 0.25) is 0 Å². The zero-order valence-electron chi connectivity index (χ0n) is 74.3. The Bertz CT molecular complexity index is 4730. The van der Waals surface area contributed by atoms with Crippen LogP contribution in [0.25, 0.3) is 0 Å². The third kappa shape index (κ3) is 37.0. The van der Waals surface area contributed by atoms with Crippen LogP contribution in [0.15, 0.2) is 97.5 Å². The average Bonchev–Trinajstić information content (AvgIpc) is 1.70. The number of aliphatic hydroxyl groups is 1. The van der Waals surface area contributed by atoms with E-state index in [0.717, 1.165) is 11.8 Å². The van der Waals surface area contributed by atoms with Crippen molar-refractivity contribution in [2.45, 2.75) is 220 Å². The van der Waals surface area contributed by atoms with E-state index in [1.165, 1.54) is 55.5 Å². The number of H-pyrrole nitrogens is 1. The number of phenolic OH excluding ortho intramolecular Hbond substituents is 1. The zero-order valence-corrected chi connectivity index (χ0v) is 76.1. The molecule has 6 rings (SSSR count). The van der Waals surface area contributed by atoms with Crippen LogP contribution >= 0.6 is 25.3 Å². The number of guanidine groups is 1. The fourth-order valence-corrected chi connectivity index (χ4v) is 14.8. The number of carboxylic acid groups (broad SMARTS) is 1. The Balaban J connectivity index is 1.09. The smallest absolute Gasteiger partial charge is 0.326 e. The van der Waals surface area contributed by atoms with Crippen molar-refractivity contribution in [2.24, 2.45) is 28.9 Å². The second-order valence-corrected chi connectivity index (χ2v) is 34.7. The van der Waals surface area contributed by atoms with Crippen LogP contribution in [0.3, 0.4) is 0 Å². The number of aliphatic hydroxyl groups excluding tert-OH is 1. The molecule has 3 heterocycles. The summed E-state index contributed by atoms with van der Waals surface area (Å²) in [6.45, 7) is 4.52. The maximum atomic E-state index is 14.9. The van der Waals surface area contributed by atoms with Crippen molar-refractivity contribution in [1.82, 2.24) is 99.5 Å². The molecule has 0 radical (unpaired) electrons. The van der Waals surface area contributed by atoms with Gasteiger partial charge >= 0.3 is 5.97 Å². The van der Waals surface area contributed by atoms with Gasteiger partial charge in [-0.25, -0.2) is 9.78 Å². The number of benzene rings is 3. The zero-order chi connectivity index (χ0) is 98.3. The maximum Gasteiger partial charge on any atom is 0.326 e. The topological polar surface area (TPSA) is 729 Å². The first kappa shape index (κ1) is 108. The number of phenols is 1. The molecule has 4 aromatic rings. The van der Waals surface area contributed by atoms with E-state index in [2.05, 4.69) is 115 Å². The van der Waals surface area contributed by atoms with Crippen LogP contribution in [0.4, 0.5) is 0 Å². The van der Waals surface area contributed by atoms with Gasteiger partial charge in [-0.2, -0.15) is 25.3 Å². The second kappa shape index (κ2) is 53.7. The highest BCUT2D eigenvalue weighted by molar-refractivity contribution is 7.81. The molecule has 0 bridgehead atoms. The number of carbonyl (C=O) groups is 19. The van der Waals surface area contributed by atoms with Crippen molar-refractivity contribution in [3.63, 3.8) is 0 Å². The Kier molecular flexibility index (Phi) is 43.7. The molecule has 0 unspecified atom stereocenters. The monoisotopic (exact) mass is 1890 g/mol. The summed E-state index contributed by atoms with van der Waals surface area (Å²) in [6.07, 6.45) is -0.323. The van der Waals surface area contributed by atoms with E-state index in [1.807, 2.05) is 0 Å². The van der Waals surface area contributed by atoms with Crippen LogP contribution in [0.1, 0.15) is 128 Å². The predicted molar refractivity (Wildman–Crippen MR) is 485 cm³/mol. The molecule has 726 valence electrons. The third-order valence-electron chi connectivity index (χ3n) is 21.3. The first-order valence-corrected chi connectivity index (χ1v) is 44.2. The van der Waals surface area contributed by atoms with Gasteiger partial charge in [-0.15, -0.1) is 0 Å². The van der Waals surface area contributed by atoms with E-state index in [1.54, 1.807) is 74.5 Å². The van der Waals surface area contributed by atoms with E-state index >= 15 is 0 Å². The van der Waals surface area contributed by atoms with Crippen LogP contribution in [-0.4, -0.2) is 294 Å². The quantitative estimate of drug-likeness (QED) is 0.00845. The molecule has 1 aromatic heterocycles. The molecule has 2 saturated heterocycles. The molecule has 0 spiro atoms. The summed E-state index contributed by atoms with van der Waals surface area (Å²) in [5.41, 5.74) is 23.9. The van der Waals surface area contributed by atoms with Crippen LogP contribution in [0.5, 0.6) is 5.75 Å². The molecule has 14 atom stereocenters. The molecule has 3 aromatic carbocycles. The Morgan fingerprint density at radius 3 is 1.56 bits per heavy atom. The lowest BCUT2D eigenvalue weighted by molar-refractivity contribution is -0.148. The van der Waals surface area contributed by atoms with Gasteiger partial charge in [-0.05, 0) is 119 Å². The van der Waals surface area contributed by atoms with Crippen molar-refractivity contribution in [3.8, 4) is 5.75 Å². The number of nitrogens with one attached hydrogen (secondary N) is 17. The third-order valence-corrected chi connectivity index (χ3v) is 21.8. The van der Waals surface area contributed by atoms with E-state index in [9.17, 15) is 106 Å². The molecule has 0 aliphatic carbocycles.